The van der Waals surface area contributed by atoms with E-state index in [1.54, 1.807) is 24.3 Å². The molecule has 5 nitrogen and oxygen atoms in total. The van der Waals surface area contributed by atoms with Gasteiger partial charge in [0.1, 0.15) is 5.75 Å². The highest BCUT2D eigenvalue weighted by atomic mass is 19.4. The SMILES string of the molecule is CCOc1ccccc1N1C[C@@H](C(=O)Nc2cccc(C(F)(F)F)c2)CC1=O. The molecule has 0 spiro atoms. The number of carbonyl (C=O) groups is 2. The van der Waals surface area contributed by atoms with E-state index in [0.717, 1.165) is 12.1 Å². The second-order valence-electron chi connectivity index (χ2n) is 6.37. The standard InChI is InChI=1S/C20H19F3N2O3/c1-2-28-17-9-4-3-8-16(17)25-12-13(10-18(25)26)19(27)24-15-7-5-6-14(11-15)20(21,22)23/h3-9,11,13H,2,10,12H2,1H3,(H,24,27)/t13-/m0/s1. The van der Waals surface area contributed by atoms with Crippen LogP contribution in [0.2, 0.25) is 0 Å². The fraction of sp³-hybridized carbons (Fsp3) is 0.300. The number of benzene rings is 2. The Balaban J connectivity index is 1.73. The van der Waals surface area contributed by atoms with Gasteiger partial charge >= 0.3 is 6.18 Å². The van der Waals surface area contributed by atoms with Crippen LogP contribution in [-0.4, -0.2) is 25.0 Å². The number of halogens is 3. The summed E-state index contributed by atoms with van der Waals surface area (Å²) < 4.78 is 44.0. The zero-order chi connectivity index (χ0) is 20.3. The molecule has 1 N–H and O–H groups in total. The number of hydrogen-bond acceptors (Lipinski definition) is 3. The van der Waals surface area contributed by atoms with Gasteiger partial charge in [0, 0.05) is 18.7 Å². The van der Waals surface area contributed by atoms with Gasteiger partial charge in [-0.1, -0.05) is 18.2 Å². The predicted octanol–water partition coefficient (Wildman–Crippen LogP) is 4.10. The summed E-state index contributed by atoms with van der Waals surface area (Å²) in [6.07, 6.45) is -4.52. The summed E-state index contributed by atoms with van der Waals surface area (Å²) >= 11 is 0. The lowest BCUT2D eigenvalue weighted by molar-refractivity contribution is -0.137. The molecule has 28 heavy (non-hydrogen) atoms. The van der Waals surface area contributed by atoms with Crippen LogP contribution in [0.3, 0.4) is 0 Å². The van der Waals surface area contributed by atoms with E-state index in [1.807, 2.05) is 6.92 Å². The van der Waals surface area contributed by atoms with E-state index in [0.29, 0.717) is 18.0 Å². The van der Waals surface area contributed by atoms with E-state index in [4.69, 9.17) is 4.74 Å². The van der Waals surface area contributed by atoms with Crippen molar-refractivity contribution in [3.8, 4) is 5.75 Å². The Morgan fingerprint density at radius 1 is 1.21 bits per heavy atom. The molecule has 2 aromatic carbocycles. The molecule has 0 saturated carbocycles. The molecule has 1 fully saturated rings. The summed E-state index contributed by atoms with van der Waals surface area (Å²) in [6.45, 7) is 2.39. The van der Waals surface area contributed by atoms with Crippen LogP contribution in [0.4, 0.5) is 24.5 Å². The average Bonchev–Trinajstić information content (AvgIpc) is 3.04. The van der Waals surface area contributed by atoms with Gasteiger partial charge in [0.15, 0.2) is 0 Å². The van der Waals surface area contributed by atoms with E-state index in [9.17, 15) is 22.8 Å². The average molecular weight is 392 g/mol. The molecule has 148 valence electrons. The lowest BCUT2D eigenvalue weighted by Gasteiger charge is -2.20. The third-order valence-electron chi connectivity index (χ3n) is 4.41. The number of rotatable bonds is 5. The van der Waals surface area contributed by atoms with Gasteiger partial charge in [-0.05, 0) is 37.3 Å². The predicted molar refractivity (Wildman–Crippen MR) is 98.1 cm³/mol. The fourth-order valence-corrected chi connectivity index (χ4v) is 3.09. The minimum Gasteiger partial charge on any atom is -0.492 e. The lowest BCUT2D eigenvalue weighted by Crippen LogP contribution is -2.28. The Hall–Kier alpha value is -3.03. The van der Waals surface area contributed by atoms with E-state index in [2.05, 4.69) is 5.32 Å². The number of anilines is 2. The molecule has 0 aromatic heterocycles. The molecule has 0 aliphatic carbocycles. The van der Waals surface area contributed by atoms with Crippen LogP contribution in [0.5, 0.6) is 5.75 Å². The molecule has 8 heteroatoms. The van der Waals surface area contributed by atoms with Crippen molar-refractivity contribution in [3.05, 3.63) is 54.1 Å². The van der Waals surface area contributed by atoms with Crippen molar-refractivity contribution in [1.82, 2.24) is 0 Å². The highest BCUT2D eigenvalue weighted by molar-refractivity contribution is 6.04. The maximum Gasteiger partial charge on any atom is 0.416 e. The second kappa shape index (κ2) is 7.92. The number of alkyl halides is 3. The number of para-hydroxylation sites is 2. The van der Waals surface area contributed by atoms with Gasteiger partial charge in [-0.15, -0.1) is 0 Å². The monoisotopic (exact) mass is 392 g/mol. The minimum absolute atomic E-state index is 0.0226. The molecule has 1 heterocycles. The molecule has 0 radical (unpaired) electrons. The van der Waals surface area contributed by atoms with Crippen LogP contribution in [0.1, 0.15) is 18.9 Å². The van der Waals surface area contributed by atoms with Gasteiger partial charge < -0.3 is 15.0 Å². The summed E-state index contributed by atoms with van der Waals surface area (Å²) in [5.74, 6) is -0.866. The van der Waals surface area contributed by atoms with Crippen LogP contribution < -0.4 is 15.0 Å². The van der Waals surface area contributed by atoms with E-state index >= 15 is 0 Å². The Morgan fingerprint density at radius 2 is 1.96 bits per heavy atom. The maximum absolute atomic E-state index is 12.8. The molecular formula is C20H19F3N2O3. The second-order valence-corrected chi connectivity index (χ2v) is 6.37. The number of nitrogens with zero attached hydrogens (tertiary/aromatic N) is 1. The minimum atomic E-state index is -4.50. The summed E-state index contributed by atoms with van der Waals surface area (Å²) in [4.78, 5) is 26.4. The Kier molecular flexibility index (Phi) is 5.58. The first-order chi connectivity index (χ1) is 13.3. The Labute approximate surface area is 160 Å². The van der Waals surface area contributed by atoms with Crippen LogP contribution in [0, 0.1) is 5.92 Å². The first-order valence-electron chi connectivity index (χ1n) is 8.80. The zero-order valence-electron chi connectivity index (χ0n) is 15.1. The number of ether oxygens (including phenoxy) is 1. The molecule has 1 aliphatic heterocycles. The lowest BCUT2D eigenvalue weighted by atomic mass is 10.1. The number of carbonyl (C=O) groups excluding carboxylic acids is 2. The molecule has 1 saturated heterocycles. The van der Waals surface area contributed by atoms with Crippen LogP contribution in [-0.2, 0) is 15.8 Å². The number of nitrogens with one attached hydrogen (secondary N) is 1. The molecule has 0 unspecified atom stereocenters. The van der Waals surface area contributed by atoms with Gasteiger partial charge in [-0.25, -0.2) is 0 Å². The number of amides is 2. The van der Waals surface area contributed by atoms with Crippen molar-refractivity contribution in [2.75, 3.05) is 23.4 Å². The van der Waals surface area contributed by atoms with Crippen LogP contribution >= 0.6 is 0 Å². The number of hydrogen-bond donors (Lipinski definition) is 1. The molecular weight excluding hydrogens is 373 g/mol. The van der Waals surface area contributed by atoms with Crippen LogP contribution in [0.15, 0.2) is 48.5 Å². The quantitative estimate of drug-likeness (QED) is 0.834. The Morgan fingerprint density at radius 3 is 2.68 bits per heavy atom. The molecule has 2 amide bonds. The molecule has 1 aliphatic rings. The maximum atomic E-state index is 12.8. The van der Waals surface area contributed by atoms with Crippen molar-refractivity contribution < 1.29 is 27.5 Å². The van der Waals surface area contributed by atoms with Crippen molar-refractivity contribution in [2.45, 2.75) is 19.5 Å². The van der Waals surface area contributed by atoms with E-state index < -0.39 is 23.6 Å². The summed E-state index contributed by atoms with van der Waals surface area (Å²) in [5.41, 5.74) is -0.232. The highest BCUT2D eigenvalue weighted by Gasteiger charge is 2.36. The normalized spacial score (nSPS) is 16.9. The van der Waals surface area contributed by atoms with E-state index in [-0.39, 0.29) is 24.6 Å². The van der Waals surface area contributed by atoms with Gasteiger partial charge in [-0.2, -0.15) is 13.2 Å². The fourth-order valence-electron chi connectivity index (χ4n) is 3.09. The summed E-state index contributed by atoms with van der Waals surface area (Å²) in [5, 5.41) is 2.48. The van der Waals surface area contributed by atoms with Crippen LogP contribution in [0.25, 0.3) is 0 Å². The topological polar surface area (TPSA) is 58.6 Å². The first kappa shape index (κ1) is 19.7. The largest absolute Gasteiger partial charge is 0.492 e. The summed E-state index contributed by atoms with van der Waals surface area (Å²) in [7, 11) is 0. The smallest absolute Gasteiger partial charge is 0.416 e. The third kappa shape index (κ3) is 4.27. The highest BCUT2D eigenvalue weighted by Crippen LogP contribution is 2.34. The van der Waals surface area contributed by atoms with Gasteiger partial charge in [0.2, 0.25) is 11.8 Å². The van der Waals surface area contributed by atoms with Gasteiger partial charge in [-0.3, -0.25) is 9.59 Å². The first-order valence-corrected chi connectivity index (χ1v) is 8.80. The van der Waals surface area contributed by atoms with Crippen molar-refractivity contribution in [1.29, 1.82) is 0 Å². The zero-order valence-corrected chi connectivity index (χ0v) is 15.1. The molecule has 2 aromatic rings. The van der Waals surface area contributed by atoms with Gasteiger partial charge in [0.05, 0.1) is 23.8 Å². The van der Waals surface area contributed by atoms with Crippen molar-refractivity contribution in [2.24, 2.45) is 5.92 Å². The Bertz CT molecular complexity index is 883. The van der Waals surface area contributed by atoms with Crippen molar-refractivity contribution >= 4 is 23.2 Å². The van der Waals surface area contributed by atoms with Gasteiger partial charge in [0.25, 0.3) is 0 Å². The van der Waals surface area contributed by atoms with E-state index in [1.165, 1.54) is 17.0 Å². The van der Waals surface area contributed by atoms with Crippen molar-refractivity contribution in [3.63, 3.8) is 0 Å². The summed E-state index contributed by atoms with van der Waals surface area (Å²) in [6, 6.07) is 11.4. The molecule has 3 rings (SSSR count). The molecule has 1 atom stereocenters. The third-order valence-corrected chi connectivity index (χ3v) is 4.41. The molecule has 0 bridgehead atoms.